The van der Waals surface area contributed by atoms with E-state index in [4.69, 9.17) is 4.99 Å². The maximum atomic E-state index is 12.4. The molecule has 3 aromatic rings. The molecule has 3 nitrogen and oxygen atoms in total. The first-order valence-electron chi connectivity index (χ1n) is 9.72. The summed E-state index contributed by atoms with van der Waals surface area (Å²) in [5.74, 6) is 0.277. The summed E-state index contributed by atoms with van der Waals surface area (Å²) in [6, 6.07) is 14.1. The summed E-state index contributed by atoms with van der Waals surface area (Å²) in [5, 5.41) is 14.5. The zero-order chi connectivity index (χ0) is 21.9. The minimum atomic E-state index is -2.62. The number of carbonyl (C=O) groups excluding carboxylic acids is 1. The van der Waals surface area contributed by atoms with Gasteiger partial charge in [-0.2, -0.15) is 0 Å². The third-order valence-electron chi connectivity index (χ3n) is 5.94. The number of benzene rings is 2. The predicted molar refractivity (Wildman–Crippen MR) is 142 cm³/mol. The zero-order valence-corrected chi connectivity index (χ0v) is 23.2. The molecule has 2 heterocycles. The number of aryl methyl sites for hydroxylation is 1. The van der Waals surface area contributed by atoms with Crippen molar-refractivity contribution in [2.45, 2.75) is 13.5 Å². The number of allylic oxidation sites excluding steroid dienone is 4. The molecule has 1 aliphatic carbocycles. The molecule has 0 spiro atoms. The van der Waals surface area contributed by atoms with Gasteiger partial charge in [-0.15, -0.1) is 0 Å². The van der Waals surface area contributed by atoms with Crippen LogP contribution in [-0.4, -0.2) is 39.2 Å². The molecule has 0 radical (unpaired) electrons. The minimum absolute atomic E-state index is 0.00658. The Balaban J connectivity index is 1.94. The molecule has 154 valence electrons. The summed E-state index contributed by atoms with van der Waals surface area (Å²) in [6.45, 7) is 4.42. The van der Waals surface area contributed by atoms with Crippen molar-refractivity contribution >= 4 is 88.7 Å². The van der Waals surface area contributed by atoms with Crippen molar-refractivity contribution in [1.29, 1.82) is 0 Å². The van der Waals surface area contributed by atoms with Crippen molar-refractivity contribution < 1.29 is 9.90 Å². The Morgan fingerprint density at radius 1 is 1.13 bits per heavy atom. The Kier molecular flexibility index (Phi) is 5.38. The van der Waals surface area contributed by atoms with Crippen LogP contribution >= 0.6 is 38.5 Å². The van der Waals surface area contributed by atoms with Crippen molar-refractivity contribution in [2.75, 3.05) is 0 Å². The van der Waals surface area contributed by atoms with Gasteiger partial charge in [-0.25, -0.2) is 0 Å². The molecule has 0 fully saturated rings. The van der Waals surface area contributed by atoms with Crippen LogP contribution in [-0.2, 0) is 4.79 Å². The second kappa shape index (κ2) is 7.81. The number of phenols is 1. The van der Waals surface area contributed by atoms with Crippen LogP contribution in [0.4, 0.5) is 5.69 Å². The van der Waals surface area contributed by atoms with Crippen LogP contribution in [0.3, 0.4) is 0 Å². The maximum absolute atomic E-state index is 12.4. The summed E-state index contributed by atoms with van der Waals surface area (Å²) in [4.78, 5) is 17.4. The Bertz CT molecular complexity index is 1360. The first kappa shape index (κ1) is 21.3. The standard InChI is InChI=1S/C24H17BrINO2SeSi/c1-13-21(25)22(26)23(30-13)20-18(29)11-10-17-24(20)31(2,15-6-4-3-5-7-15)19-12-14(28)8-9-16(19)27-17/h3-12,29H,1-2H3. The average Bonchev–Trinajstić information content (AvgIpc) is 3.02. The fourth-order valence-electron chi connectivity index (χ4n) is 4.42. The number of hydrogen-bond donors (Lipinski definition) is 1. The number of ketones is 1. The number of rotatable bonds is 2. The second-order valence-electron chi connectivity index (χ2n) is 7.75. The fraction of sp³-hybridized carbons (Fsp3) is 0.0833. The molecule has 1 atom stereocenters. The van der Waals surface area contributed by atoms with Gasteiger partial charge < -0.3 is 0 Å². The van der Waals surface area contributed by atoms with E-state index in [-0.39, 0.29) is 26.0 Å². The summed E-state index contributed by atoms with van der Waals surface area (Å²) in [7, 11) is -2.62. The predicted octanol–water partition coefficient (Wildman–Crippen LogP) is 4.68. The third-order valence-corrected chi connectivity index (χ3v) is 17.0. The van der Waals surface area contributed by atoms with Crippen LogP contribution < -0.4 is 10.4 Å². The van der Waals surface area contributed by atoms with E-state index in [9.17, 15) is 9.90 Å². The summed E-state index contributed by atoms with van der Waals surface area (Å²) in [5.41, 5.74) is 2.66. The normalized spacial score (nSPS) is 19.5. The number of carbonyl (C=O) groups is 1. The van der Waals surface area contributed by atoms with Crippen molar-refractivity contribution in [1.82, 2.24) is 0 Å². The first-order valence-corrected chi connectivity index (χ1v) is 15.8. The van der Waals surface area contributed by atoms with E-state index >= 15 is 0 Å². The van der Waals surface area contributed by atoms with Crippen molar-refractivity contribution in [3.05, 3.63) is 78.4 Å². The summed E-state index contributed by atoms with van der Waals surface area (Å²) >= 11 is 6.21. The van der Waals surface area contributed by atoms with E-state index in [0.29, 0.717) is 0 Å². The third kappa shape index (κ3) is 3.24. The van der Waals surface area contributed by atoms with Crippen LogP contribution in [0.2, 0.25) is 6.55 Å². The van der Waals surface area contributed by atoms with Gasteiger partial charge in [0, 0.05) is 0 Å². The Morgan fingerprint density at radius 2 is 1.87 bits per heavy atom. The number of hydrogen-bond acceptors (Lipinski definition) is 3. The molecule has 1 aromatic heterocycles. The molecule has 2 aliphatic rings. The molecule has 0 amide bonds. The van der Waals surface area contributed by atoms with Gasteiger partial charge in [-0.05, 0) is 0 Å². The quantitative estimate of drug-likeness (QED) is 0.246. The van der Waals surface area contributed by atoms with Gasteiger partial charge in [0.2, 0.25) is 0 Å². The van der Waals surface area contributed by atoms with Gasteiger partial charge in [-0.1, -0.05) is 0 Å². The molecule has 1 aliphatic heterocycles. The summed E-state index contributed by atoms with van der Waals surface area (Å²) < 4.78 is 4.75. The van der Waals surface area contributed by atoms with E-state index in [2.05, 4.69) is 64.1 Å². The van der Waals surface area contributed by atoms with Crippen LogP contribution in [0.25, 0.3) is 10.0 Å². The van der Waals surface area contributed by atoms with Crippen LogP contribution in [0, 0.1) is 10.5 Å². The van der Waals surface area contributed by atoms with Gasteiger partial charge in [0.15, 0.2) is 0 Å². The van der Waals surface area contributed by atoms with Gasteiger partial charge >= 0.3 is 211 Å². The number of phenolic OH excluding ortho intramolecular Hbond substituents is 1. The van der Waals surface area contributed by atoms with E-state index in [1.54, 1.807) is 18.2 Å². The number of fused-ring (bicyclic) bond motifs is 2. The van der Waals surface area contributed by atoms with E-state index in [1.165, 1.54) is 14.1 Å². The molecule has 31 heavy (non-hydrogen) atoms. The Labute approximate surface area is 209 Å². The molecule has 0 saturated carbocycles. The first-order chi connectivity index (χ1) is 14.8. The number of halogens is 2. The molecule has 7 heteroatoms. The molecular formula is C24H17BrINO2SeSi. The van der Waals surface area contributed by atoms with Crippen molar-refractivity contribution in [3.8, 4) is 15.8 Å². The van der Waals surface area contributed by atoms with Crippen LogP contribution in [0.15, 0.2) is 75.4 Å². The van der Waals surface area contributed by atoms with E-state index in [0.717, 1.165) is 35.4 Å². The van der Waals surface area contributed by atoms with Crippen LogP contribution in [0.5, 0.6) is 5.75 Å². The topological polar surface area (TPSA) is 49.7 Å². The molecule has 0 saturated heterocycles. The second-order valence-corrected chi connectivity index (χ2v) is 16.1. The van der Waals surface area contributed by atoms with Gasteiger partial charge in [-0.3, -0.25) is 0 Å². The monoisotopic (exact) mass is 665 g/mol. The molecule has 1 N–H and O–H groups in total. The van der Waals surface area contributed by atoms with Crippen molar-refractivity contribution in [2.24, 2.45) is 4.99 Å². The van der Waals surface area contributed by atoms with E-state index in [1.807, 2.05) is 30.3 Å². The number of aliphatic imine (C=N–C) groups is 1. The Hall–Kier alpha value is -1.51. The zero-order valence-electron chi connectivity index (χ0n) is 16.7. The van der Waals surface area contributed by atoms with Crippen molar-refractivity contribution in [3.63, 3.8) is 0 Å². The molecule has 2 aromatic carbocycles. The fourth-order valence-corrected chi connectivity index (χ4v) is 13.5. The SMILES string of the molecule is Cc1[se]c(-c2c(O)ccc3c2[Si](C)(c2ccccc2)C2=CC(=O)C=CC2=N3)c(I)c1Br. The number of nitrogens with zero attached hydrogens (tertiary/aromatic N) is 1. The average molecular weight is 665 g/mol. The molecular weight excluding hydrogens is 648 g/mol. The molecule has 1 unspecified atom stereocenters. The molecule has 0 bridgehead atoms. The molecule has 5 rings (SSSR count). The summed E-state index contributed by atoms with van der Waals surface area (Å²) in [6.07, 6.45) is 5.18. The van der Waals surface area contributed by atoms with Gasteiger partial charge in [0.1, 0.15) is 0 Å². The number of aromatic hydroxyl groups is 1. The van der Waals surface area contributed by atoms with Gasteiger partial charge in [0.25, 0.3) is 0 Å². The Morgan fingerprint density at radius 3 is 2.55 bits per heavy atom. The van der Waals surface area contributed by atoms with E-state index < -0.39 is 8.07 Å². The van der Waals surface area contributed by atoms with Gasteiger partial charge in [0.05, 0.1) is 0 Å². The van der Waals surface area contributed by atoms with Crippen LogP contribution in [0.1, 0.15) is 4.44 Å².